The molecule has 0 saturated heterocycles. The fourth-order valence-corrected chi connectivity index (χ4v) is 1.67. The smallest absolute Gasteiger partial charge is 0.328 e. The summed E-state index contributed by atoms with van der Waals surface area (Å²) in [6.07, 6.45) is -10.6. The average Bonchev–Trinajstić information content (AvgIpc) is 2.40. The van der Waals surface area contributed by atoms with Gasteiger partial charge in [0.1, 0.15) is 24.4 Å². The Labute approximate surface area is 107 Å². The lowest BCUT2D eigenvalue weighted by atomic mass is 9.82. The molecule has 0 heterocycles. The summed E-state index contributed by atoms with van der Waals surface area (Å²) in [5.41, 5.74) is 5.11. The van der Waals surface area contributed by atoms with Crippen LogP contribution in [0.2, 0.25) is 0 Å². The first-order valence-electron chi connectivity index (χ1n) is 5.38. The van der Waals surface area contributed by atoms with Crippen molar-refractivity contribution in [2.24, 2.45) is 5.73 Å². The quantitative estimate of drug-likeness (QED) is 0.183. The standard InChI is InChI=1S/C9H17NO9/c10-2(1-11)8(17)19-9(18)6(15)4(13)3(12)5(14)7(9)16/h2-7,11-16,18H,1,10H2/t2-,3-,4-,5+,6+,7+,9-/m0/s1. The number of carbonyl (C=O) groups is 1. The molecule has 112 valence electrons. The molecule has 1 rings (SSSR count). The number of ether oxygens (including phenoxy) is 1. The Morgan fingerprint density at radius 2 is 1.53 bits per heavy atom. The number of esters is 1. The zero-order valence-electron chi connectivity index (χ0n) is 9.70. The van der Waals surface area contributed by atoms with E-state index in [1.807, 2.05) is 0 Å². The minimum atomic E-state index is -3.07. The van der Waals surface area contributed by atoms with E-state index in [1.165, 1.54) is 0 Å². The SMILES string of the molecule is N[C@@H](CO)C(=O)O[C@]1(O)[C@H](O)[C@H](O)[C@@H](O)[C@H](O)[C@H]1O. The van der Waals surface area contributed by atoms with Crippen LogP contribution in [0.3, 0.4) is 0 Å². The lowest BCUT2D eigenvalue weighted by Gasteiger charge is -2.46. The zero-order chi connectivity index (χ0) is 15.0. The van der Waals surface area contributed by atoms with Gasteiger partial charge in [0, 0.05) is 0 Å². The summed E-state index contributed by atoms with van der Waals surface area (Å²) >= 11 is 0. The minimum Gasteiger partial charge on any atom is -0.426 e. The van der Waals surface area contributed by atoms with E-state index in [0.29, 0.717) is 0 Å². The first kappa shape index (κ1) is 16.2. The van der Waals surface area contributed by atoms with E-state index in [1.54, 1.807) is 0 Å². The third-order valence-electron chi connectivity index (χ3n) is 2.96. The fourth-order valence-electron chi connectivity index (χ4n) is 1.67. The van der Waals surface area contributed by atoms with Crippen LogP contribution in [0, 0.1) is 0 Å². The lowest BCUT2D eigenvalue weighted by molar-refractivity contribution is -0.348. The van der Waals surface area contributed by atoms with E-state index < -0.39 is 54.9 Å². The number of nitrogens with two attached hydrogens (primary N) is 1. The first-order chi connectivity index (χ1) is 8.66. The number of carbonyl (C=O) groups excluding carboxylic acids is 1. The van der Waals surface area contributed by atoms with Crippen molar-refractivity contribution in [3.05, 3.63) is 0 Å². The molecule has 9 N–H and O–H groups in total. The van der Waals surface area contributed by atoms with Gasteiger partial charge in [0.2, 0.25) is 0 Å². The second kappa shape index (κ2) is 5.64. The Balaban J connectivity index is 2.97. The summed E-state index contributed by atoms with van der Waals surface area (Å²) in [5.74, 6) is -4.44. The van der Waals surface area contributed by atoms with E-state index in [-0.39, 0.29) is 0 Å². The van der Waals surface area contributed by atoms with Crippen LogP contribution in [-0.4, -0.2) is 90.7 Å². The van der Waals surface area contributed by atoms with Gasteiger partial charge in [-0.2, -0.15) is 0 Å². The Hall–Kier alpha value is -0.850. The third kappa shape index (κ3) is 2.70. The molecule has 0 aromatic carbocycles. The normalized spacial score (nSPS) is 44.7. The number of rotatable bonds is 3. The molecule has 1 saturated carbocycles. The molecule has 10 heteroatoms. The van der Waals surface area contributed by atoms with Gasteiger partial charge in [-0.3, -0.25) is 4.79 Å². The Kier molecular flexibility index (Phi) is 4.81. The third-order valence-corrected chi connectivity index (χ3v) is 2.96. The van der Waals surface area contributed by atoms with Crippen molar-refractivity contribution in [3.8, 4) is 0 Å². The molecule has 0 bridgehead atoms. The van der Waals surface area contributed by atoms with Gasteiger partial charge in [0.05, 0.1) is 6.61 Å². The van der Waals surface area contributed by atoms with E-state index >= 15 is 0 Å². The van der Waals surface area contributed by atoms with Crippen molar-refractivity contribution in [3.63, 3.8) is 0 Å². The van der Waals surface area contributed by atoms with Gasteiger partial charge in [-0.15, -0.1) is 0 Å². The van der Waals surface area contributed by atoms with Gasteiger partial charge >= 0.3 is 5.97 Å². The molecule has 0 amide bonds. The monoisotopic (exact) mass is 283 g/mol. The molecular formula is C9H17NO9. The summed E-state index contributed by atoms with van der Waals surface area (Å²) in [6.45, 7) is -0.825. The highest BCUT2D eigenvalue weighted by Gasteiger charge is 2.60. The largest absolute Gasteiger partial charge is 0.426 e. The second-order valence-corrected chi connectivity index (χ2v) is 4.32. The summed E-state index contributed by atoms with van der Waals surface area (Å²) < 4.78 is 4.35. The summed E-state index contributed by atoms with van der Waals surface area (Å²) in [5, 5.41) is 65.6. The summed E-state index contributed by atoms with van der Waals surface area (Å²) in [4.78, 5) is 11.3. The Bertz CT molecular complexity index is 322. The number of aliphatic hydroxyl groups excluding tert-OH is 6. The van der Waals surface area contributed by atoms with Crippen LogP contribution in [0.4, 0.5) is 0 Å². The molecule has 1 aliphatic rings. The summed E-state index contributed by atoms with van der Waals surface area (Å²) in [7, 11) is 0. The molecule has 1 fully saturated rings. The van der Waals surface area contributed by atoms with Crippen LogP contribution in [0.1, 0.15) is 0 Å². The summed E-state index contributed by atoms with van der Waals surface area (Å²) in [6, 6.07) is -1.55. The van der Waals surface area contributed by atoms with Gasteiger partial charge in [0.25, 0.3) is 5.79 Å². The molecule has 10 nitrogen and oxygen atoms in total. The molecule has 0 aliphatic heterocycles. The average molecular weight is 283 g/mol. The molecular weight excluding hydrogens is 266 g/mol. The van der Waals surface area contributed by atoms with Gasteiger partial charge < -0.3 is 46.2 Å². The molecule has 7 atom stereocenters. The topological polar surface area (TPSA) is 194 Å². The Morgan fingerprint density at radius 3 is 1.89 bits per heavy atom. The van der Waals surface area contributed by atoms with E-state index in [0.717, 1.165) is 0 Å². The number of hydrogen-bond donors (Lipinski definition) is 8. The van der Waals surface area contributed by atoms with Gasteiger partial charge in [-0.1, -0.05) is 0 Å². The molecule has 0 radical (unpaired) electrons. The molecule has 0 unspecified atom stereocenters. The van der Waals surface area contributed by atoms with Crippen LogP contribution in [0.5, 0.6) is 0 Å². The van der Waals surface area contributed by atoms with Crippen LogP contribution < -0.4 is 5.73 Å². The van der Waals surface area contributed by atoms with Crippen LogP contribution in [0.25, 0.3) is 0 Å². The van der Waals surface area contributed by atoms with Crippen LogP contribution in [0.15, 0.2) is 0 Å². The Morgan fingerprint density at radius 1 is 1.11 bits per heavy atom. The predicted molar refractivity (Wildman–Crippen MR) is 56.1 cm³/mol. The molecule has 0 spiro atoms. The zero-order valence-corrected chi connectivity index (χ0v) is 9.70. The minimum absolute atomic E-state index is 0.825. The van der Waals surface area contributed by atoms with E-state index in [4.69, 9.17) is 10.8 Å². The van der Waals surface area contributed by atoms with Gasteiger partial charge in [-0.05, 0) is 0 Å². The highest BCUT2D eigenvalue weighted by Crippen LogP contribution is 2.31. The first-order valence-corrected chi connectivity index (χ1v) is 5.38. The van der Waals surface area contributed by atoms with Crippen LogP contribution in [-0.2, 0) is 9.53 Å². The molecule has 0 aromatic heterocycles. The number of hydrogen-bond acceptors (Lipinski definition) is 10. The molecule has 0 aromatic rings. The molecule has 1 aliphatic carbocycles. The van der Waals surface area contributed by atoms with Crippen molar-refractivity contribution in [2.45, 2.75) is 42.3 Å². The van der Waals surface area contributed by atoms with Crippen LogP contribution >= 0.6 is 0 Å². The van der Waals surface area contributed by atoms with Crippen molar-refractivity contribution < 1.29 is 45.3 Å². The van der Waals surface area contributed by atoms with Crippen molar-refractivity contribution in [1.29, 1.82) is 0 Å². The second-order valence-electron chi connectivity index (χ2n) is 4.32. The highest BCUT2D eigenvalue weighted by molar-refractivity contribution is 5.76. The highest BCUT2D eigenvalue weighted by atomic mass is 16.7. The van der Waals surface area contributed by atoms with E-state index in [9.17, 15) is 35.4 Å². The van der Waals surface area contributed by atoms with Crippen molar-refractivity contribution >= 4 is 5.97 Å². The lowest BCUT2D eigenvalue weighted by Crippen LogP contribution is -2.72. The number of aliphatic hydroxyl groups is 7. The van der Waals surface area contributed by atoms with Gasteiger partial charge in [-0.25, -0.2) is 0 Å². The van der Waals surface area contributed by atoms with E-state index in [2.05, 4.69) is 4.74 Å². The predicted octanol–water partition coefficient (Wildman–Crippen LogP) is -5.64. The molecule has 19 heavy (non-hydrogen) atoms. The maximum Gasteiger partial charge on any atom is 0.328 e. The van der Waals surface area contributed by atoms with Crippen molar-refractivity contribution in [1.82, 2.24) is 0 Å². The maximum atomic E-state index is 11.3. The van der Waals surface area contributed by atoms with Gasteiger partial charge in [0.15, 0.2) is 12.2 Å². The van der Waals surface area contributed by atoms with Crippen molar-refractivity contribution in [2.75, 3.05) is 6.61 Å². The maximum absolute atomic E-state index is 11.3. The fraction of sp³-hybridized carbons (Fsp3) is 0.889.